The van der Waals surface area contributed by atoms with Crippen molar-refractivity contribution in [3.8, 4) is 0 Å². The Hall–Kier alpha value is -3.01. The molecule has 0 fully saturated rings. The van der Waals surface area contributed by atoms with Gasteiger partial charge in [-0.1, -0.05) is 12.1 Å². The number of aldehydes is 1. The Kier molecular flexibility index (Phi) is 3.69. The summed E-state index contributed by atoms with van der Waals surface area (Å²) in [5, 5.41) is 0. The van der Waals surface area contributed by atoms with E-state index in [1.54, 1.807) is 24.5 Å². The lowest BCUT2D eigenvalue weighted by Gasteiger charge is -2.22. The quantitative estimate of drug-likeness (QED) is 0.680. The van der Waals surface area contributed by atoms with Gasteiger partial charge in [0.25, 0.3) is 0 Å². The van der Waals surface area contributed by atoms with Gasteiger partial charge in [0.1, 0.15) is 17.9 Å². The van der Waals surface area contributed by atoms with Crippen molar-refractivity contribution in [1.82, 2.24) is 9.97 Å². The molecule has 0 saturated carbocycles. The summed E-state index contributed by atoms with van der Waals surface area (Å²) < 4.78 is 0. The number of nitrogens with zero attached hydrogens (tertiary/aromatic N) is 3. The van der Waals surface area contributed by atoms with Crippen molar-refractivity contribution >= 4 is 23.6 Å². The number of anilines is 3. The molecule has 0 aliphatic heterocycles. The van der Waals surface area contributed by atoms with Crippen molar-refractivity contribution in [2.45, 2.75) is 0 Å². The maximum absolute atomic E-state index is 10.8. The predicted octanol–water partition coefficient (Wildman–Crippen LogP) is 3.76. The van der Waals surface area contributed by atoms with Gasteiger partial charge in [-0.25, -0.2) is 9.97 Å². The van der Waals surface area contributed by atoms with Crippen LogP contribution in [0.5, 0.6) is 0 Å². The van der Waals surface area contributed by atoms with Crippen molar-refractivity contribution < 1.29 is 4.79 Å². The van der Waals surface area contributed by atoms with E-state index >= 15 is 0 Å². The molecule has 0 unspecified atom stereocenters. The van der Waals surface area contributed by atoms with Gasteiger partial charge < -0.3 is 0 Å². The zero-order chi connectivity index (χ0) is 14.5. The van der Waals surface area contributed by atoms with Crippen LogP contribution in [0.3, 0.4) is 0 Å². The molecule has 21 heavy (non-hydrogen) atoms. The fourth-order valence-corrected chi connectivity index (χ4v) is 2.06. The molecule has 0 amide bonds. The lowest BCUT2D eigenvalue weighted by molar-refractivity contribution is 0.112. The highest BCUT2D eigenvalue weighted by Gasteiger charge is 2.13. The highest BCUT2D eigenvalue weighted by atomic mass is 16.1. The first-order valence-corrected chi connectivity index (χ1v) is 6.56. The molecule has 0 bridgehead atoms. The second kappa shape index (κ2) is 5.96. The molecule has 2 aromatic heterocycles. The van der Waals surface area contributed by atoms with Crippen molar-refractivity contribution in [2.75, 3.05) is 4.90 Å². The van der Waals surface area contributed by atoms with Gasteiger partial charge in [0.2, 0.25) is 0 Å². The second-order valence-electron chi connectivity index (χ2n) is 4.42. The molecule has 0 N–H and O–H groups in total. The normalized spacial score (nSPS) is 10.1. The van der Waals surface area contributed by atoms with E-state index in [-0.39, 0.29) is 0 Å². The molecule has 1 aromatic carbocycles. The Balaban J connectivity index is 2.09. The van der Waals surface area contributed by atoms with Crippen molar-refractivity contribution in [2.24, 2.45) is 0 Å². The predicted molar refractivity (Wildman–Crippen MR) is 82.1 cm³/mol. The summed E-state index contributed by atoms with van der Waals surface area (Å²) in [6.45, 7) is 0. The Morgan fingerprint density at radius 3 is 1.76 bits per heavy atom. The smallest absolute Gasteiger partial charge is 0.150 e. The van der Waals surface area contributed by atoms with Crippen molar-refractivity contribution in [1.29, 1.82) is 0 Å². The van der Waals surface area contributed by atoms with E-state index in [0.717, 1.165) is 23.6 Å². The average Bonchev–Trinajstić information content (AvgIpc) is 2.58. The maximum atomic E-state index is 10.8. The summed E-state index contributed by atoms with van der Waals surface area (Å²) in [5.41, 5.74) is 1.54. The molecule has 4 nitrogen and oxygen atoms in total. The highest BCUT2D eigenvalue weighted by molar-refractivity contribution is 5.78. The number of carbonyl (C=O) groups excluding carboxylic acids is 1. The number of rotatable bonds is 4. The Bertz CT molecular complexity index is 673. The summed E-state index contributed by atoms with van der Waals surface area (Å²) in [4.78, 5) is 21.5. The fourth-order valence-electron chi connectivity index (χ4n) is 2.06. The largest absolute Gasteiger partial charge is 0.298 e. The molecule has 0 spiro atoms. The van der Waals surface area contributed by atoms with Crippen LogP contribution in [0.1, 0.15) is 10.4 Å². The number of aromatic nitrogens is 2. The minimum Gasteiger partial charge on any atom is -0.298 e. The third-order valence-corrected chi connectivity index (χ3v) is 3.04. The lowest BCUT2D eigenvalue weighted by atomic mass is 10.2. The molecule has 0 aliphatic carbocycles. The third-order valence-electron chi connectivity index (χ3n) is 3.04. The summed E-state index contributed by atoms with van der Waals surface area (Å²) in [7, 11) is 0. The van der Waals surface area contributed by atoms with Crippen LogP contribution in [-0.4, -0.2) is 16.3 Å². The number of hydrogen-bond donors (Lipinski definition) is 0. The van der Waals surface area contributed by atoms with Gasteiger partial charge in [-0.15, -0.1) is 0 Å². The first-order valence-electron chi connectivity index (χ1n) is 6.56. The highest BCUT2D eigenvalue weighted by Crippen LogP contribution is 2.31. The maximum Gasteiger partial charge on any atom is 0.150 e. The molecule has 102 valence electrons. The molecule has 3 rings (SSSR count). The van der Waals surface area contributed by atoms with Crippen molar-refractivity contribution in [3.05, 3.63) is 78.6 Å². The van der Waals surface area contributed by atoms with Gasteiger partial charge in [0, 0.05) is 23.6 Å². The lowest BCUT2D eigenvalue weighted by Crippen LogP contribution is -2.12. The van der Waals surface area contributed by atoms with Crippen molar-refractivity contribution in [3.63, 3.8) is 0 Å². The summed E-state index contributed by atoms with van der Waals surface area (Å²) in [5.74, 6) is 1.55. The number of pyridine rings is 2. The van der Waals surface area contributed by atoms with Gasteiger partial charge in [-0.3, -0.25) is 9.69 Å². The van der Waals surface area contributed by atoms with Crippen LogP contribution in [0.25, 0.3) is 0 Å². The number of benzene rings is 1. The van der Waals surface area contributed by atoms with E-state index < -0.39 is 0 Å². The first kappa shape index (κ1) is 13.0. The van der Waals surface area contributed by atoms with E-state index in [2.05, 4.69) is 9.97 Å². The van der Waals surface area contributed by atoms with Crippen LogP contribution in [0, 0.1) is 0 Å². The molecule has 0 atom stereocenters. The summed E-state index contributed by atoms with van der Waals surface area (Å²) in [6, 6.07) is 18.8. The zero-order valence-corrected chi connectivity index (χ0v) is 11.3. The van der Waals surface area contributed by atoms with Crippen LogP contribution < -0.4 is 4.90 Å². The minimum absolute atomic E-state index is 0.640. The first-order chi connectivity index (χ1) is 10.4. The van der Waals surface area contributed by atoms with E-state index in [9.17, 15) is 4.79 Å². The Morgan fingerprint density at radius 2 is 1.33 bits per heavy atom. The van der Waals surface area contributed by atoms with E-state index in [4.69, 9.17) is 0 Å². The number of carbonyl (C=O) groups is 1. The molecule has 0 radical (unpaired) electrons. The Labute approximate surface area is 122 Å². The third kappa shape index (κ3) is 2.79. The zero-order valence-electron chi connectivity index (χ0n) is 11.3. The van der Waals surface area contributed by atoms with Crippen LogP contribution in [-0.2, 0) is 0 Å². The number of hydrogen-bond acceptors (Lipinski definition) is 4. The molecular weight excluding hydrogens is 262 g/mol. The molecule has 0 aliphatic rings. The van der Waals surface area contributed by atoms with E-state index in [1.165, 1.54) is 0 Å². The van der Waals surface area contributed by atoms with E-state index in [1.807, 2.05) is 53.4 Å². The van der Waals surface area contributed by atoms with Gasteiger partial charge in [-0.05, 0) is 48.5 Å². The summed E-state index contributed by atoms with van der Waals surface area (Å²) >= 11 is 0. The molecule has 2 heterocycles. The van der Waals surface area contributed by atoms with Gasteiger partial charge in [-0.2, -0.15) is 0 Å². The molecule has 4 heteroatoms. The standard InChI is InChI=1S/C17H13N3O/c21-13-14-7-9-15(10-8-14)20(16-5-1-3-11-18-16)17-6-2-4-12-19-17/h1-13H. The monoisotopic (exact) mass is 275 g/mol. The molecular formula is C17H13N3O. The van der Waals surface area contributed by atoms with Crippen LogP contribution in [0.15, 0.2) is 73.1 Å². The van der Waals surface area contributed by atoms with Gasteiger partial charge >= 0.3 is 0 Å². The SMILES string of the molecule is O=Cc1ccc(N(c2ccccn2)c2ccccn2)cc1. The van der Waals surface area contributed by atoms with Gasteiger partial charge in [0.05, 0.1) is 0 Å². The Morgan fingerprint density at radius 1 is 0.762 bits per heavy atom. The molecule has 0 saturated heterocycles. The topological polar surface area (TPSA) is 46.1 Å². The average molecular weight is 275 g/mol. The van der Waals surface area contributed by atoms with E-state index in [0.29, 0.717) is 5.56 Å². The summed E-state index contributed by atoms with van der Waals surface area (Å²) in [6.07, 6.45) is 4.31. The fraction of sp³-hybridized carbons (Fsp3) is 0. The van der Waals surface area contributed by atoms with Gasteiger partial charge in [0.15, 0.2) is 0 Å². The second-order valence-corrected chi connectivity index (χ2v) is 4.42. The van der Waals surface area contributed by atoms with Crippen LogP contribution in [0.4, 0.5) is 17.3 Å². The molecule has 3 aromatic rings. The van der Waals surface area contributed by atoms with Crippen LogP contribution >= 0.6 is 0 Å². The minimum atomic E-state index is 0.640. The van der Waals surface area contributed by atoms with Crippen LogP contribution in [0.2, 0.25) is 0 Å².